The number of rotatable bonds is 0. The Bertz CT molecular complexity index is 226. The first kappa shape index (κ1) is 6.07. The second-order valence-electron chi connectivity index (χ2n) is 1.61. The highest BCUT2D eigenvalue weighted by atomic mass is 19.1. The molecular weight excluding hydrogens is 118 g/mol. The summed E-state index contributed by atoms with van der Waals surface area (Å²) >= 11 is 0. The summed E-state index contributed by atoms with van der Waals surface area (Å²) in [7, 11) is 5.23. The molecule has 0 unspecified atom stereocenters. The predicted octanol–water partition coefficient (Wildman–Crippen LogP) is -0.403. The number of pyridine rings is 1. The van der Waals surface area contributed by atoms with Crippen molar-refractivity contribution in [3.63, 3.8) is 0 Å². The smallest absolute Gasteiger partial charge is 0.214 e. The zero-order valence-corrected chi connectivity index (χ0v) is 4.63. The van der Waals surface area contributed by atoms with Crippen LogP contribution in [-0.2, 0) is 0 Å². The van der Waals surface area contributed by atoms with E-state index >= 15 is 0 Å². The fraction of sp³-hybridized carbons (Fsp3) is 0. The molecule has 4 heteroatoms. The quantitative estimate of drug-likeness (QED) is 0.375. The minimum Gasteiger partial charge on any atom is -0.384 e. The standard InChI is InChI=1S/C5H4BFN2/c6-3-1-2-4(7)9-5(3)8/h1-2H,(H2,8,9). The summed E-state index contributed by atoms with van der Waals surface area (Å²) in [6.07, 6.45) is 0. The Hall–Kier alpha value is -1.06. The molecule has 0 amide bonds. The number of anilines is 1. The molecule has 2 radical (unpaired) electrons. The highest BCUT2D eigenvalue weighted by Gasteiger charge is 1.93. The van der Waals surface area contributed by atoms with Crippen LogP contribution in [0, 0.1) is 5.95 Å². The minimum atomic E-state index is -0.610. The molecule has 0 bridgehead atoms. The molecule has 0 aliphatic heterocycles. The van der Waals surface area contributed by atoms with Crippen LogP contribution in [-0.4, -0.2) is 12.8 Å². The molecule has 0 fully saturated rings. The van der Waals surface area contributed by atoms with Crippen molar-refractivity contribution in [3.05, 3.63) is 18.1 Å². The maximum absolute atomic E-state index is 12.1. The predicted molar refractivity (Wildman–Crippen MR) is 34.0 cm³/mol. The van der Waals surface area contributed by atoms with Gasteiger partial charge < -0.3 is 5.73 Å². The van der Waals surface area contributed by atoms with Crippen LogP contribution in [0.3, 0.4) is 0 Å². The number of aromatic nitrogens is 1. The van der Waals surface area contributed by atoms with Gasteiger partial charge in [-0.1, -0.05) is 11.5 Å². The van der Waals surface area contributed by atoms with Gasteiger partial charge in [-0.05, 0) is 6.07 Å². The largest absolute Gasteiger partial charge is 0.384 e. The number of nitrogens with two attached hydrogens (primary N) is 1. The van der Waals surface area contributed by atoms with Crippen molar-refractivity contribution >= 4 is 19.1 Å². The molecule has 9 heavy (non-hydrogen) atoms. The molecule has 0 saturated carbocycles. The van der Waals surface area contributed by atoms with E-state index in [1.165, 1.54) is 6.07 Å². The van der Waals surface area contributed by atoms with Crippen molar-refractivity contribution in [2.75, 3.05) is 5.73 Å². The molecule has 0 aromatic carbocycles. The lowest BCUT2D eigenvalue weighted by Crippen LogP contribution is -2.11. The van der Waals surface area contributed by atoms with Gasteiger partial charge in [-0.25, -0.2) is 4.98 Å². The summed E-state index contributed by atoms with van der Waals surface area (Å²) in [6, 6.07) is 2.53. The number of halogens is 1. The van der Waals surface area contributed by atoms with E-state index in [0.717, 1.165) is 6.07 Å². The van der Waals surface area contributed by atoms with Crippen molar-refractivity contribution in [2.24, 2.45) is 0 Å². The molecule has 1 aromatic rings. The lowest BCUT2D eigenvalue weighted by Gasteiger charge is -1.95. The monoisotopic (exact) mass is 122 g/mol. The first-order chi connectivity index (χ1) is 4.20. The summed E-state index contributed by atoms with van der Waals surface area (Å²) in [5.41, 5.74) is 5.45. The summed E-state index contributed by atoms with van der Waals surface area (Å²) < 4.78 is 12.1. The Labute approximate surface area is 53.3 Å². The van der Waals surface area contributed by atoms with Gasteiger partial charge in [-0.15, -0.1) is 0 Å². The summed E-state index contributed by atoms with van der Waals surface area (Å²) in [5.74, 6) is -0.572. The topological polar surface area (TPSA) is 38.9 Å². The molecule has 2 nitrogen and oxygen atoms in total. The molecular formula is C5H4BFN2. The molecule has 0 atom stereocenters. The highest BCUT2D eigenvalue weighted by molar-refractivity contribution is 6.35. The van der Waals surface area contributed by atoms with Gasteiger partial charge in [0.1, 0.15) is 13.7 Å². The summed E-state index contributed by atoms with van der Waals surface area (Å²) in [4.78, 5) is 3.26. The first-order valence-electron chi connectivity index (χ1n) is 2.37. The van der Waals surface area contributed by atoms with Gasteiger partial charge in [-0.3, -0.25) is 0 Å². The van der Waals surface area contributed by atoms with Crippen LogP contribution in [0.15, 0.2) is 12.1 Å². The Morgan fingerprint density at radius 1 is 1.56 bits per heavy atom. The summed E-state index contributed by atoms with van der Waals surface area (Å²) in [5, 5.41) is 0. The lowest BCUT2D eigenvalue weighted by molar-refractivity contribution is 0.586. The molecule has 0 saturated heterocycles. The number of nitrogen functional groups attached to an aromatic ring is 1. The third-order valence-electron chi connectivity index (χ3n) is 0.923. The van der Waals surface area contributed by atoms with Crippen LogP contribution in [0.2, 0.25) is 0 Å². The van der Waals surface area contributed by atoms with E-state index in [9.17, 15) is 4.39 Å². The first-order valence-corrected chi connectivity index (χ1v) is 2.37. The van der Waals surface area contributed by atoms with E-state index in [2.05, 4.69) is 4.98 Å². The maximum atomic E-state index is 12.1. The van der Waals surface area contributed by atoms with E-state index in [0.29, 0.717) is 5.46 Å². The van der Waals surface area contributed by atoms with Gasteiger partial charge in [0, 0.05) is 0 Å². The van der Waals surface area contributed by atoms with Gasteiger partial charge in [0.2, 0.25) is 5.95 Å². The van der Waals surface area contributed by atoms with Gasteiger partial charge in [-0.2, -0.15) is 4.39 Å². The van der Waals surface area contributed by atoms with Crippen LogP contribution in [0.25, 0.3) is 0 Å². The molecule has 44 valence electrons. The fourth-order valence-electron chi connectivity index (χ4n) is 0.461. The number of nitrogens with zero attached hydrogens (tertiary/aromatic N) is 1. The molecule has 1 rings (SSSR count). The SMILES string of the molecule is [B]c1ccc(F)nc1N. The second kappa shape index (κ2) is 2.05. The highest BCUT2D eigenvalue weighted by Crippen LogP contribution is 1.92. The molecule has 0 aliphatic carbocycles. The van der Waals surface area contributed by atoms with Crippen LogP contribution < -0.4 is 11.2 Å². The van der Waals surface area contributed by atoms with Crippen LogP contribution in [0.4, 0.5) is 10.2 Å². The van der Waals surface area contributed by atoms with Crippen molar-refractivity contribution in [2.45, 2.75) is 0 Å². The minimum absolute atomic E-state index is 0.0370. The zero-order valence-electron chi connectivity index (χ0n) is 4.63. The van der Waals surface area contributed by atoms with E-state index in [1.807, 2.05) is 0 Å². The average molecular weight is 122 g/mol. The third-order valence-corrected chi connectivity index (χ3v) is 0.923. The van der Waals surface area contributed by atoms with E-state index in [-0.39, 0.29) is 5.82 Å². The lowest BCUT2D eigenvalue weighted by atomic mass is 9.98. The Balaban J connectivity index is 3.17. The van der Waals surface area contributed by atoms with Crippen LogP contribution in [0.5, 0.6) is 0 Å². The maximum Gasteiger partial charge on any atom is 0.214 e. The van der Waals surface area contributed by atoms with Crippen LogP contribution >= 0.6 is 0 Å². The van der Waals surface area contributed by atoms with E-state index in [4.69, 9.17) is 13.6 Å². The van der Waals surface area contributed by atoms with E-state index < -0.39 is 5.95 Å². The van der Waals surface area contributed by atoms with Gasteiger partial charge in [0.25, 0.3) is 0 Å². The Morgan fingerprint density at radius 3 is 2.67 bits per heavy atom. The van der Waals surface area contributed by atoms with Gasteiger partial charge in [0.15, 0.2) is 0 Å². The van der Waals surface area contributed by atoms with Crippen molar-refractivity contribution in [3.8, 4) is 0 Å². The normalized spacial score (nSPS) is 9.44. The van der Waals surface area contributed by atoms with Crippen molar-refractivity contribution in [1.82, 2.24) is 4.98 Å². The van der Waals surface area contributed by atoms with Crippen LogP contribution in [0.1, 0.15) is 0 Å². The Kier molecular flexibility index (Phi) is 1.38. The third kappa shape index (κ3) is 1.19. The van der Waals surface area contributed by atoms with Gasteiger partial charge in [0.05, 0.1) is 0 Å². The fourth-order valence-corrected chi connectivity index (χ4v) is 0.461. The molecule has 0 spiro atoms. The molecule has 1 aromatic heterocycles. The van der Waals surface area contributed by atoms with Crippen molar-refractivity contribution < 1.29 is 4.39 Å². The van der Waals surface area contributed by atoms with Crippen molar-refractivity contribution in [1.29, 1.82) is 0 Å². The van der Waals surface area contributed by atoms with Gasteiger partial charge >= 0.3 is 0 Å². The number of hydrogen-bond donors (Lipinski definition) is 1. The second-order valence-corrected chi connectivity index (χ2v) is 1.61. The average Bonchev–Trinajstić information content (AvgIpc) is 1.80. The molecule has 0 aliphatic rings. The van der Waals surface area contributed by atoms with E-state index in [1.54, 1.807) is 0 Å². The summed E-state index contributed by atoms with van der Waals surface area (Å²) in [6.45, 7) is 0. The zero-order chi connectivity index (χ0) is 6.85. The molecule has 1 heterocycles. The molecule has 2 N–H and O–H groups in total. The number of hydrogen-bond acceptors (Lipinski definition) is 2. The Morgan fingerprint density at radius 2 is 2.22 bits per heavy atom.